The van der Waals surface area contributed by atoms with Gasteiger partial charge in [-0.2, -0.15) is 0 Å². The number of H-pyrrole nitrogens is 1. The maximum absolute atomic E-state index is 13.2. The van der Waals surface area contributed by atoms with Crippen molar-refractivity contribution in [3.8, 4) is 0 Å². The first-order valence-electron chi connectivity index (χ1n) is 9.75. The molecule has 142 valence electrons. The van der Waals surface area contributed by atoms with Gasteiger partial charge >= 0.3 is 5.97 Å². The highest BCUT2D eigenvalue weighted by Crippen LogP contribution is 2.64. The third-order valence-corrected chi connectivity index (χ3v) is 7.17. The fourth-order valence-corrected chi connectivity index (χ4v) is 6.72. The monoisotopic (exact) mass is 386 g/mol. The minimum absolute atomic E-state index is 0.176. The van der Waals surface area contributed by atoms with Crippen molar-refractivity contribution in [1.29, 1.82) is 0 Å². The van der Waals surface area contributed by atoms with Crippen molar-refractivity contribution in [2.75, 3.05) is 0 Å². The lowest BCUT2D eigenvalue weighted by Gasteiger charge is -2.58. The van der Waals surface area contributed by atoms with Crippen molar-refractivity contribution in [2.24, 2.45) is 17.3 Å². The number of hydrogen-bond donors (Lipinski definition) is 1. The summed E-state index contributed by atoms with van der Waals surface area (Å²) in [6.07, 6.45) is 5.11. The third kappa shape index (κ3) is 2.78. The molecule has 0 aliphatic heterocycles. The number of benzene rings is 1. The normalized spacial score (nSPS) is 35.3. The summed E-state index contributed by atoms with van der Waals surface area (Å²) in [7, 11) is 0. The van der Waals surface area contributed by atoms with Crippen LogP contribution in [0.5, 0.6) is 0 Å². The summed E-state index contributed by atoms with van der Waals surface area (Å²) in [4.78, 5) is 32.5. The molecule has 6 heteroatoms. The zero-order valence-corrected chi connectivity index (χ0v) is 16.1. The van der Waals surface area contributed by atoms with Gasteiger partial charge in [-0.1, -0.05) is 12.1 Å². The number of para-hydroxylation sites is 1. The minimum Gasteiger partial charge on any atom is -0.454 e. The number of rotatable bonds is 3. The summed E-state index contributed by atoms with van der Waals surface area (Å²) in [5.74, 6) is 1.28. The molecule has 1 heterocycles. The lowest BCUT2D eigenvalue weighted by Crippen LogP contribution is -2.56. The van der Waals surface area contributed by atoms with Gasteiger partial charge in [-0.3, -0.25) is 9.59 Å². The van der Waals surface area contributed by atoms with Crippen LogP contribution in [-0.4, -0.2) is 20.8 Å². The van der Waals surface area contributed by atoms with Crippen LogP contribution in [0, 0.1) is 17.3 Å². The maximum atomic E-state index is 13.2. The molecule has 5 atom stereocenters. The maximum Gasteiger partial charge on any atom is 0.312 e. The molecule has 1 N–H and O–H groups in total. The first-order valence-corrected chi connectivity index (χ1v) is 10.1. The summed E-state index contributed by atoms with van der Waals surface area (Å²) >= 11 is 6.84. The highest BCUT2D eigenvalue weighted by molar-refractivity contribution is 6.24. The van der Waals surface area contributed by atoms with Crippen LogP contribution in [0.4, 0.5) is 0 Å². The number of carbonyl (C=O) groups excluding carboxylic acids is 1. The Morgan fingerprint density at radius 1 is 1.26 bits per heavy atom. The molecule has 1 aromatic carbocycles. The summed E-state index contributed by atoms with van der Waals surface area (Å²) in [5, 5.41) is 0.532. The van der Waals surface area contributed by atoms with Gasteiger partial charge in [0.2, 0.25) is 0 Å². The van der Waals surface area contributed by atoms with Crippen molar-refractivity contribution >= 4 is 28.5 Å². The fourth-order valence-electron chi connectivity index (χ4n) is 6.03. The second-order valence-corrected chi connectivity index (χ2v) is 9.71. The molecule has 0 amide bonds. The number of aromatic amines is 1. The number of aromatic nitrogens is 2. The molecule has 2 unspecified atom stereocenters. The van der Waals surface area contributed by atoms with Gasteiger partial charge in [-0.15, -0.1) is 11.6 Å². The Kier molecular flexibility index (Phi) is 3.71. The number of halogens is 1. The van der Waals surface area contributed by atoms with Crippen LogP contribution in [0.15, 0.2) is 29.1 Å². The Morgan fingerprint density at radius 2 is 1.96 bits per heavy atom. The summed E-state index contributed by atoms with van der Waals surface area (Å²) in [5.41, 5.74) is -0.0706. The van der Waals surface area contributed by atoms with Gasteiger partial charge in [0, 0.05) is 4.87 Å². The molecule has 4 aliphatic rings. The van der Waals surface area contributed by atoms with Crippen molar-refractivity contribution < 1.29 is 9.53 Å². The molecule has 0 spiro atoms. The molecule has 1 aromatic heterocycles. The van der Waals surface area contributed by atoms with Gasteiger partial charge in [0.05, 0.1) is 16.3 Å². The van der Waals surface area contributed by atoms with E-state index in [1.807, 2.05) is 6.07 Å². The molecular weight excluding hydrogens is 364 g/mol. The van der Waals surface area contributed by atoms with Crippen LogP contribution in [0.25, 0.3) is 10.9 Å². The largest absolute Gasteiger partial charge is 0.454 e. The van der Waals surface area contributed by atoms with Gasteiger partial charge in [0.25, 0.3) is 5.56 Å². The SMILES string of the molecule is C[C@@H](OC(=O)C12C[C@@H]3C[C@@H](CC(Cl)(C3)C1)C2)c1nc2ccccc2c(=O)[nH]1. The number of nitrogens with one attached hydrogen (secondary N) is 1. The quantitative estimate of drug-likeness (QED) is 0.636. The summed E-state index contributed by atoms with van der Waals surface area (Å²) in [6.45, 7) is 1.77. The Hall–Kier alpha value is -1.88. The Labute approximate surface area is 162 Å². The molecule has 5 nitrogen and oxygen atoms in total. The molecule has 4 bridgehead atoms. The zero-order valence-electron chi connectivity index (χ0n) is 15.3. The lowest BCUT2D eigenvalue weighted by atomic mass is 9.49. The van der Waals surface area contributed by atoms with Gasteiger partial charge in [-0.25, -0.2) is 4.98 Å². The zero-order chi connectivity index (χ0) is 18.8. The Morgan fingerprint density at radius 3 is 2.67 bits per heavy atom. The van der Waals surface area contributed by atoms with E-state index in [0.29, 0.717) is 35.0 Å². The van der Waals surface area contributed by atoms with Gasteiger partial charge < -0.3 is 9.72 Å². The van der Waals surface area contributed by atoms with Gasteiger partial charge in [-0.05, 0) is 69.4 Å². The second-order valence-electron chi connectivity index (χ2n) is 8.91. The molecule has 2 aromatic rings. The Balaban J connectivity index is 1.41. The van der Waals surface area contributed by atoms with E-state index < -0.39 is 11.5 Å². The topological polar surface area (TPSA) is 72.0 Å². The van der Waals surface area contributed by atoms with E-state index in [9.17, 15) is 9.59 Å². The molecular formula is C21H23ClN2O3. The second kappa shape index (κ2) is 5.81. The number of nitrogens with zero attached hydrogens (tertiary/aromatic N) is 1. The lowest BCUT2D eigenvalue weighted by molar-refractivity contribution is -0.175. The van der Waals surface area contributed by atoms with E-state index in [1.165, 1.54) is 6.42 Å². The van der Waals surface area contributed by atoms with Crippen LogP contribution >= 0.6 is 11.6 Å². The van der Waals surface area contributed by atoms with Gasteiger partial charge in [0.1, 0.15) is 0 Å². The van der Waals surface area contributed by atoms with E-state index in [-0.39, 0.29) is 16.4 Å². The number of alkyl halides is 1. The summed E-state index contributed by atoms with van der Waals surface area (Å²) < 4.78 is 5.84. The predicted molar refractivity (Wildman–Crippen MR) is 103 cm³/mol. The molecule has 4 aliphatic carbocycles. The van der Waals surface area contributed by atoms with E-state index in [4.69, 9.17) is 16.3 Å². The number of hydrogen-bond acceptors (Lipinski definition) is 4. The van der Waals surface area contributed by atoms with Crippen molar-refractivity contribution in [3.63, 3.8) is 0 Å². The predicted octanol–water partition coefficient (Wildman–Crippen LogP) is 4.11. The van der Waals surface area contributed by atoms with Crippen LogP contribution in [0.3, 0.4) is 0 Å². The number of fused-ring (bicyclic) bond motifs is 1. The molecule has 0 radical (unpaired) electrons. The number of carbonyl (C=O) groups is 1. The van der Waals surface area contributed by atoms with Crippen molar-refractivity contribution in [3.05, 3.63) is 40.4 Å². The molecule has 4 saturated carbocycles. The standard InChI is InChI=1S/C21H23ClN2O3/c1-12(17-23-16-5-3-2-4-15(16)18(25)24-17)27-19(26)20-7-13-6-14(8-20)10-21(22,9-13)11-20/h2-5,12-14H,6-11H2,1H3,(H,23,24,25)/t12-,13-,14+,20?,21?/m1/s1. The first kappa shape index (κ1) is 17.2. The third-order valence-electron chi connectivity index (χ3n) is 6.72. The average Bonchev–Trinajstić information content (AvgIpc) is 2.59. The van der Waals surface area contributed by atoms with E-state index in [2.05, 4.69) is 9.97 Å². The van der Waals surface area contributed by atoms with Gasteiger partial charge in [0.15, 0.2) is 11.9 Å². The van der Waals surface area contributed by atoms with Crippen LogP contribution in [0.2, 0.25) is 0 Å². The summed E-state index contributed by atoms with van der Waals surface area (Å²) in [6, 6.07) is 7.16. The minimum atomic E-state index is -0.603. The molecule has 4 fully saturated rings. The smallest absolute Gasteiger partial charge is 0.312 e. The molecule has 27 heavy (non-hydrogen) atoms. The van der Waals surface area contributed by atoms with Crippen LogP contribution in [0.1, 0.15) is 57.4 Å². The molecule has 6 rings (SSSR count). The average molecular weight is 387 g/mol. The fraction of sp³-hybridized carbons (Fsp3) is 0.571. The van der Waals surface area contributed by atoms with E-state index in [0.717, 1.165) is 25.7 Å². The van der Waals surface area contributed by atoms with Crippen LogP contribution in [-0.2, 0) is 9.53 Å². The number of esters is 1. The van der Waals surface area contributed by atoms with E-state index >= 15 is 0 Å². The van der Waals surface area contributed by atoms with Crippen molar-refractivity contribution in [2.45, 2.75) is 56.4 Å². The van der Waals surface area contributed by atoms with Crippen LogP contribution < -0.4 is 5.56 Å². The van der Waals surface area contributed by atoms with E-state index in [1.54, 1.807) is 25.1 Å². The Bertz CT molecular complexity index is 971. The highest BCUT2D eigenvalue weighted by atomic mass is 35.5. The molecule has 0 saturated heterocycles. The number of ether oxygens (including phenoxy) is 1. The first-order chi connectivity index (χ1) is 12.9. The highest BCUT2D eigenvalue weighted by Gasteiger charge is 2.61. The van der Waals surface area contributed by atoms with Crippen molar-refractivity contribution in [1.82, 2.24) is 9.97 Å².